The molecule has 35 heavy (non-hydrogen) atoms. The third kappa shape index (κ3) is 4.40. The van der Waals surface area contributed by atoms with Crippen LogP contribution >= 0.6 is 0 Å². The van der Waals surface area contributed by atoms with E-state index in [0.717, 1.165) is 44.9 Å². The van der Waals surface area contributed by atoms with Crippen LogP contribution in [0.4, 0.5) is 0 Å². The van der Waals surface area contributed by atoms with Gasteiger partial charge in [0.2, 0.25) is 0 Å². The molecule has 198 valence electrons. The van der Waals surface area contributed by atoms with Crippen molar-refractivity contribution in [2.45, 2.75) is 117 Å². The van der Waals surface area contributed by atoms with E-state index in [1.807, 2.05) is 20.8 Å². The molecule has 0 aromatic carbocycles. The molecule has 1 N–H and O–H groups in total. The smallest absolute Gasteiger partial charge is 0.311 e. The Kier molecular flexibility index (Phi) is 6.83. The van der Waals surface area contributed by atoms with Crippen molar-refractivity contribution < 1.29 is 33.7 Å². The molecular weight excluding hydrogens is 448 g/mol. The Morgan fingerprint density at radius 2 is 1.60 bits per heavy atom. The molecule has 7 heteroatoms. The van der Waals surface area contributed by atoms with Gasteiger partial charge in [-0.25, -0.2) is 0 Å². The Morgan fingerprint density at radius 3 is 2.23 bits per heavy atom. The summed E-state index contributed by atoms with van der Waals surface area (Å²) in [6, 6.07) is 0. The zero-order valence-corrected chi connectivity index (χ0v) is 22.4. The van der Waals surface area contributed by atoms with Crippen LogP contribution in [0.1, 0.15) is 99.3 Å². The van der Waals surface area contributed by atoms with E-state index in [4.69, 9.17) is 14.2 Å². The van der Waals surface area contributed by atoms with Gasteiger partial charge in [-0.2, -0.15) is 0 Å². The van der Waals surface area contributed by atoms with E-state index in [0.29, 0.717) is 19.4 Å². The summed E-state index contributed by atoms with van der Waals surface area (Å²) < 4.78 is 17.3. The minimum atomic E-state index is -0.917. The predicted molar refractivity (Wildman–Crippen MR) is 129 cm³/mol. The van der Waals surface area contributed by atoms with E-state index in [1.54, 1.807) is 0 Å². The van der Waals surface area contributed by atoms with Crippen molar-refractivity contribution in [3.8, 4) is 0 Å². The first-order valence-electron chi connectivity index (χ1n) is 13.5. The summed E-state index contributed by atoms with van der Waals surface area (Å²) in [5, 5.41) is 12.3. The Bertz CT molecular complexity index is 862. The van der Waals surface area contributed by atoms with E-state index < -0.39 is 16.4 Å². The zero-order valence-electron chi connectivity index (χ0n) is 22.4. The Morgan fingerprint density at radius 1 is 0.886 bits per heavy atom. The van der Waals surface area contributed by atoms with Gasteiger partial charge in [-0.3, -0.25) is 14.4 Å². The van der Waals surface area contributed by atoms with Gasteiger partial charge in [0.05, 0.1) is 17.6 Å². The first kappa shape index (κ1) is 26.4. The highest BCUT2D eigenvalue weighted by Crippen LogP contribution is 2.68. The summed E-state index contributed by atoms with van der Waals surface area (Å²) in [6.07, 6.45) is 6.74. The topological polar surface area (TPSA) is 99.1 Å². The first-order chi connectivity index (χ1) is 16.2. The van der Waals surface area contributed by atoms with Crippen molar-refractivity contribution in [3.05, 3.63) is 0 Å². The molecule has 0 heterocycles. The fourth-order valence-electron chi connectivity index (χ4n) is 8.29. The summed E-state index contributed by atoms with van der Waals surface area (Å²) in [6.45, 7) is 11.0. The van der Waals surface area contributed by atoms with Gasteiger partial charge >= 0.3 is 17.9 Å². The lowest BCUT2D eigenvalue weighted by Crippen LogP contribution is -2.64. The van der Waals surface area contributed by atoms with Crippen molar-refractivity contribution in [2.75, 3.05) is 6.61 Å². The van der Waals surface area contributed by atoms with Crippen LogP contribution in [0.15, 0.2) is 0 Å². The summed E-state index contributed by atoms with van der Waals surface area (Å²) in [5.74, 6) is -0.179. The second kappa shape index (κ2) is 9.04. The third-order valence-corrected chi connectivity index (χ3v) is 10.2. The number of esters is 3. The van der Waals surface area contributed by atoms with Crippen LogP contribution in [-0.2, 0) is 28.6 Å². The number of fused-ring (bicyclic) bond motifs is 5. The minimum Gasteiger partial charge on any atom is -0.465 e. The predicted octanol–water partition coefficient (Wildman–Crippen LogP) is 4.58. The first-order valence-corrected chi connectivity index (χ1v) is 13.5. The standard InChI is InChI=1S/C28H44O7/c1-17(29)33-16-27-13-9-20(34-18(2)30)15-19(27)7-8-22-21(27)10-12-26(6)23(11-14-28(22,26)32)35-24(31)25(3,4)5/h19-23,32H,7-16H2,1-6H3/t19-,20-,21-,22+,23-,26+,27+,28-/m0/s1. The van der Waals surface area contributed by atoms with Crippen LogP contribution in [0.3, 0.4) is 0 Å². The highest BCUT2D eigenvalue weighted by Gasteiger charge is 2.69. The van der Waals surface area contributed by atoms with Crippen molar-refractivity contribution in [3.63, 3.8) is 0 Å². The second-order valence-corrected chi connectivity index (χ2v) is 13.1. The number of carbonyl (C=O) groups excluding carboxylic acids is 3. The van der Waals surface area contributed by atoms with Crippen LogP contribution in [0.2, 0.25) is 0 Å². The van der Waals surface area contributed by atoms with Gasteiger partial charge in [-0.15, -0.1) is 0 Å². The van der Waals surface area contributed by atoms with E-state index in [1.165, 1.54) is 13.8 Å². The number of aliphatic hydroxyl groups is 1. The molecule has 0 radical (unpaired) electrons. The van der Waals surface area contributed by atoms with E-state index in [-0.39, 0.29) is 53.3 Å². The molecule has 0 aliphatic heterocycles. The quantitative estimate of drug-likeness (QED) is 0.453. The summed E-state index contributed by atoms with van der Waals surface area (Å²) in [5.41, 5.74) is -2.21. The molecule has 4 rings (SSSR count). The molecule has 0 saturated heterocycles. The van der Waals surface area contributed by atoms with Crippen LogP contribution < -0.4 is 0 Å². The lowest BCUT2D eigenvalue weighted by molar-refractivity contribution is -0.233. The van der Waals surface area contributed by atoms with Crippen LogP contribution in [0, 0.1) is 34.0 Å². The second-order valence-electron chi connectivity index (χ2n) is 13.1. The monoisotopic (exact) mass is 492 g/mol. The summed E-state index contributed by atoms with van der Waals surface area (Å²) in [4.78, 5) is 36.2. The van der Waals surface area contributed by atoms with E-state index >= 15 is 0 Å². The lowest BCUT2D eigenvalue weighted by Gasteiger charge is -2.63. The van der Waals surface area contributed by atoms with Gasteiger partial charge in [-0.05, 0) is 96.3 Å². The van der Waals surface area contributed by atoms with Gasteiger partial charge < -0.3 is 19.3 Å². The number of hydrogen-bond donors (Lipinski definition) is 1. The van der Waals surface area contributed by atoms with E-state index in [9.17, 15) is 19.5 Å². The fourth-order valence-corrected chi connectivity index (χ4v) is 8.29. The normalized spacial score (nSPS) is 42.8. The molecule has 4 saturated carbocycles. The van der Waals surface area contributed by atoms with Crippen LogP contribution in [0.5, 0.6) is 0 Å². The van der Waals surface area contributed by atoms with Gasteiger partial charge in [0.1, 0.15) is 12.2 Å². The van der Waals surface area contributed by atoms with Crippen molar-refractivity contribution in [1.29, 1.82) is 0 Å². The van der Waals surface area contributed by atoms with Crippen molar-refractivity contribution >= 4 is 17.9 Å². The Hall–Kier alpha value is -1.63. The summed E-state index contributed by atoms with van der Waals surface area (Å²) >= 11 is 0. The van der Waals surface area contributed by atoms with Gasteiger partial charge in [0.25, 0.3) is 0 Å². The maximum atomic E-state index is 12.7. The van der Waals surface area contributed by atoms with Crippen molar-refractivity contribution in [1.82, 2.24) is 0 Å². The van der Waals surface area contributed by atoms with Crippen LogP contribution in [0.25, 0.3) is 0 Å². The lowest BCUT2D eigenvalue weighted by atomic mass is 9.43. The Labute approximate surface area is 209 Å². The highest BCUT2D eigenvalue weighted by molar-refractivity contribution is 5.75. The van der Waals surface area contributed by atoms with Crippen LogP contribution in [-0.4, -0.2) is 47.4 Å². The molecular formula is C28H44O7. The minimum absolute atomic E-state index is 0.0664. The third-order valence-electron chi connectivity index (χ3n) is 10.2. The fraction of sp³-hybridized carbons (Fsp3) is 0.893. The molecule has 4 fully saturated rings. The molecule has 4 aliphatic rings. The van der Waals surface area contributed by atoms with Gasteiger partial charge in [0.15, 0.2) is 0 Å². The highest BCUT2D eigenvalue weighted by atomic mass is 16.6. The molecule has 0 aromatic rings. The zero-order chi connectivity index (χ0) is 25.8. The molecule has 0 spiro atoms. The van der Waals surface area contributed by atoms with Gasteiger partial charge in [0, 0.05) is 24.7 Å². The molecule has 4 aliphatic carbocycles. The largest absolute Gasteiger partial charge is 0.465 e. The maximum absolute atomic E-state index is 12.7. The molecule has 0 amide bonds. The maximum Gasteiger partial charge on any atom is 0.311 e. The summed E-state index contributed by atoms with van der Waals surface area (Å²) in [7, 11) is 0. The Balaban J connectivity index is 1.61. The van der Waals surface area contributed by atoms with Crippen molar-refractivity contribution in [2.24, 2.45) is 34.0 Å². The van der Waals surface area contributed by atoms with E-state index in [2.05, 4.69) is 6.92 Å². The number of rotatable bonds is 4. The number of carbonyl (C=O) groups is 3. The average Bonchev–Trinajstić information content (AvgIpc) is 3.02. The average molecular weight is 493 g/mol. The molecule has 0 unspecified atom stereocenters. The molecule has 0 aromatic heterocycles. The number of hydrogen-bond acceptors (Lipinski definition) is 7. The molecule has 0 bridgehead atoms. The molecule has 7 nitrogen and oxygen atoms in total. The number of ether oxygens (including phenoxy) is 3. The van der Waals surface area contributed by atoms with Gasteiger partial charge in [-0.1, -0.05) is 6.92 Å². The molecule has 8 atom stereocenters. The SMILES string of the molecule is CC(=O)OC[C@]12CC[C@H](OC(C)=O)C[C@@H]1CC[C@@H]1[C@@H]2CC[C@]2(C)[C@@H](OC(=O)C(C)(C)C)CC[C@]12O.